The Morgan fingerprint density at radius 3 is 1.65 bits per heavy atom. The number of aliphatic imine (C=N–C) groups is 1. The van der Waals surface area contributed by atoms with Crippen LogP contribution < -0.4 is 0 Å². The first-order valence-electron chi connectivity index (χ1n) is 5.35. The molecule has 0 aromatic rings. The normalized spacial score (nSPS) is 13.8. The monoisotopic (exact) mass is 303 g/mol. The van der Waals surface area contributed by atoms with Gasteiger partial charge < -0.3 is 5.11 Å². The molecule has 0 radical (unpaired) electrons. The molecule has 0 atom stereocenters. The number of allylic oxidation sites excluding steroid dienone is 2. The number of halogens is 6. The lowest BCUT2D eigenvalue weighted by molar-refractivity contribution is -0.350. The molecule has 0 aliphatic rings. The van der Waals surface area contributed by atoms with Crippen LogP contribution in [0.2, 0.25) is 0 Å². The van der Waals surface area contributed by atoms with Gasteiger partial charge in [0.15, 0.2) is 0 Å². The Morgan fingerprint density at radius 2 is 1.40 bits per heavy atom. The van der Waals surface area contributed by atoms with Gasteiger partial charge in [0, 0.05) is 18.0 Å². The van der Waals surface area contributed by atoms with Gasteiger partial charge in [-0.25, -0.2) is 0 Å². The molecule has 0 aromatic heterocycles. The fraction of sp³-hybridized carbons (Fsp3) is 0.417. The number of hydrogen-bond acceptors (Lipinski definition) is 2. The van der Waals surface area contributed by atoms with E-state index in [1.54, 1.807) is 0 Å². The van der Waals surface area contributed by atoms with Crippen molar-refractivity contribution < 1.29 is 31.4 Å². The third-order valence-corrected chi connectivity index (χ3v) is 1.85. The molecule has 0 spiro atoms. The van der Waals surface area contributed by atoms with Crippen molar-refractivity contribution in [1.82, 2.24) is 0 Å². The van der Waals surface area contributed by atoms with Crippen molar-refractivity contribution in [3.05, 3.63) is 37.1 Å². The van der Waals surface area contributed by atoms with Crippen LogP contribution >= 0.6 is 0 Å². The van der Waals surface area contributed by atoms with E-state index in [-0.39, 0.29) is 6.21 Å². The van der Waals surface area contributed by atoms with Crippen LogP contribution in [0.3, 0.4) is 0 Å². The van der Waals surface area contributed by atoms with E-state index in [9.17, 15) is 26.3 Å². The van der Waals surface area contributed by atoms with Gasteiger partial charge in [-0.05, 0) is 0 Å². The quantitative estimate of drug-likeness (QED) is 0.471. The molecule has 0 unspecified atom stereocenters. The summed E-state index contributed by atoms with van der Waals surface area (Å²) in [6, 6.07) is 0. The lowest BCUT2D eigenvalue weighted by atomic mass is 9.92. The molecule has 0 bridgehead atoms. The summed E-state index contributed by atoms with van der Waals surface area (Å²) < 4.78 is 74.8. The molecule has 0 saturated heterocycles. The van der Waals surface area contributed by atoms with E-state index < -0.39 is 23.5 Å². The average Bonchev–Trinajstić information content (AvgIpc) is 2.33. The van der Waals surface area contributed by atoms with Gasteiger partial charge in [0.25, 0.3) is 5.60 Å². The third-order valence-electron chi connectivity index (χ3n) is 1.85. The third kappa shape index (κ3) is 4.52. The first kappa shape index (κ1) is 20.7. The fourth-order valence-electron chi connectivity index (χ4n) is 1.01. The van der Waals surface area contributed by atoms with E-state index in [0.29, 0.717) is 12.2 Å². The molecule has 0 saturated carbocycles. The second kappa shape index (κ2) is 7.88. The van der Waals surface area contributed by atoms with Crippen molar-refractivity contribution in [2.75, 3.05) is 0 Å². The predicted octanol–water partition coefficient (Wildman–Crippen LogP) is 4.20. The van der Waals surface area contributed by atoms with Crippen LogP contribution in [0.1, 0.15) is 13.8 Å². The van der Waals surface area contributed by atoms with Crippen LogP contribution in [0.5, 0.6) is 0 Å². The van der Waals surface area contributed by atoms with Gasteiger partial charge >= 0.3 is 12.4 Å². The molecule has 1 N–H and O–H groups in total. The summed E-state index contributed by atoms with van der Waals surface area (Å²) in [5, 5.41) is 9.01. The maximum atomic E-state index is 12.5. The second-order valence-electron chi connectivity index (χ2n) is 3.02. The van der Waals surface area contributed by atoms with Gasteiger partial charge in [0.05, 0.1) is 0 Å². The van der Waals surface area contributed by atoms with E-state index in [0.717, 1.165) is 6.20 Å². The zero-order valence-electron chi connectivity index (χ0n) is 10.9. The minimum atomic E-state index is -5.95. The van der Waals surface area contributed by atoms with Gasteiger partial charge in [0.1, 0.15) is 0 Å². The standard InChI is InChI=1S/C10H9F6NO.C2H6/c1-3-5-7(6-17-4-2)8(18,9(11,12)13)10(14,15)16;1-2/h3-6,18H,1-2H2;1-2H3/b7-5+,17-6?;. The highest BCUT2D eigenvalue weighted by atomic mass is 19.4. The van der Waals surface area contributed by atoms with Crippen molar-refractivity contribution >= 4 is 6.21 Å². The molecule has 20 heavy (non-hydrogen) atoms. The summed E-state index contributed by atoms with van der Waals surface area (Å²) >= 11 is 0. The zero-order chi connectivity index (χ0) is 16.6. The number of nitrogens with zero attached hydrogens (tertiary/aromatic N) is 1. The minimum absolute atomic E-state index is 0.218. The molecule has 2 nitrogen and oxygen atoms in total. The Balaban J connectivity index is 0. The number of rotatable bonds is 4. The average molecular weight is 303 g/mol. The summed E-state index contributed by atoms with van der Waals surface area (Å²) in [4.78, 5) is 3.05. The first-order valence-corrected chi connectivity index (χ1v) is 5.35. The molecule has 0 rings (SSSR count). The maximum Gasteiger partial charge on any atom is 0.430 e. The van der Waals surface area contributed by atoms with Crippen molar-refractivity contribution in [3.8, 4) is 0 Å². The van der Waals surface area contributed by atoms with Gasteiger partial charge in [0.2, 0.25) is 0 Å². The van der Waals surface area contributed by atoms with E-state index in [1.165, 1.54) is 0 Å². The number of alkyl halides is 6. The maximum absolute atomic E-state index is 12.5. The van der Waals surface area contributed by atoms with Gasteiger partial charge in [-0.15, -0.1) is 0 Å². The Kier molecular flexibility index (Phi) is 8.18. The van der Waals surface area contributed by atoms with Crippen LogP contribution in [0.25, 0.3) is 0 Å². The highest BCUT2D eigenvalue weighted by Gasteiger charge is 2.72. The van der Waals surface area contributed by atoms with E-state index in [1.807, 2.05) is 13.8 Å². The molecule has 0 fully saturated rings. The summed E-state index contributed by atoms with van der Waals surface area (Å²) in [6.45, 7) is 9.98. The second-order valence-corrected chi connectivity index (χ2v) is 3.02. The molecule has 0 aromatic carbocycles. The molecule has 0 aliphatic heterocycles. The highest BCUT2D eigenvalue weighted by molar-refractivity contribution is 5.83. The molecule has 0 amide bonds. The highest BCUT2D eigenvalue weighted by Crippen LogP contribution is 2.47. The van der Waals surface area contributed by atoms with E-state index in [4.69, 9.17) is 5.11 Å². The van der Waals surface area contributed by atoms with Crippen molar-refractivity contribution in [3.63, 3.8) is 0 Å². The Morgan fingerprint density at radius 1 is 1.00 bits per heavy atom. The van der Waals surface area contributed by atoms with Crippen molar-refractivity contribution in [2.24, 2.45) is 4.99 Å². The Bertz CT molecular complexity index is 364. The molecule has 0 heterocycles. The summed E-state index contributed by atoms with van der Waals surface area (Å²) in [7, 11) is 0. The predicted molar refractivity (Wildman–Crippen MR) is 65.4 cm³/mol. The SMILES string of the molecule is C=C/C=C(\C=NC=C)C(O)(C(F)(F)F)C(F)(F)F.CC. The first-order chi connectivity index (χ1) is 9.02. The van der Waals surface area contributed by atoms with Gasteiger partial charge in [-0.2, -0.15) is 26.3 Å². The summed E-state index contributed by atoms with van der Waals surface area (Å²) in [6.07, 6.45) is -9.92. The van der Waals surface area contributed by atoms with E-state index in [2.05, 4.69) is 18.2 Å². The topological polar surface area (TPSA) is 32.6 Å². The zero-order valence-corrected chi connectivity index (χ0v) is 10.9. The molecule has 0 aliphatic carbocycles. The molecule has 116 valence electrons. The fourth-order valence-corrected chi connectivity index (χ4v) is 1.01. The Labute approximate surface area is 112 Å². The summed E-state index contributed by atoms with van der Waals surface area (Å²) in [5.74, 6) is 0. The van der Waals surface area contributed by atoms with Gasteiger partial charge in [-0.1, -0.05) is 39.2 Å². The van der Waals surface area contributed by atoms with Crippen LogP contribution in [0.15, 0.2) is 42.1 Å². The minimum Gasteiger partial charge on any atom is -0.369 e. The lowest BCUT2D eigenvalue weighted by Gasteiger charge is -2.32. The largest absolute Gasteiger partial charge is 0.430 e. The van der Waals surface area contributed by atoms with Crippen molar-refractivity contribution in [1.29, 1.82) is 0 Å². The van der Waals surface area contributed by atoms with Gasteiger partial charge in [-0.3, -0.25) is 4.99 Å². The molecule has 8 heteroatoms. The summed E-state index contributed by atoms with van der Waals surface area (Å²) in [5.41, 5.74) is -6.52. The number of hydrogen-bond donors (Lipinski definition) is 1. The van der Waals surface area contributed by atoms with Crippen LogP contribution in [0.4, 0.5) is 26.3 Å². The van der Waals surface area contributed by atoms with Crippen LogP contribution in [-0.2, 0) is 0 Å². The number of aliphatic hydroxyl groups is 1. The van der Waals surface area contributed by atoms with Crippen LogP contribution in [0, 0.1) is 0 Å². The molecular weight excluding hydrogens is 288 g/mol. The van der Waals surface area contributed by atoms with E-state index >= 15 is 0 Å². The van der Waals surface area contributed by atoms with Crippen LogP contribution in [-0.4, -0.2) is 29.3 Å². The van der Waals surface area contributed by atoms with Crippen molar-refractivity contribution in [2.45, 2.75) is 31.8 Å². The smallest absolute Gasteiger partial charge is 0.369 e. The Hall–Kier alpha value is -1.57. The lowest BCUT2D eigenvalue weighted by Crippen LogP contribution is -2.58. The molecular formula is C12H15F6NO.